The third kappa shape index (κ3) is 2.38. The second kappa shape index (κ2) is 4.77. The fraction of sp³-hybridized carbons (Fsp3) is 0.167. The van der Waals surface area contributed by atoms with Crippen LogP contribution in [0.25, 0.3) is 0 Å². The monoisotopic (exact) mass is 230 g/mol. The quantitative estimate of drug-likeness (QED) is 0.847. The fourth-order valence-electron chi connectivity index (χ4n) is 1.46. The van der Waals surface area contributed by atoms with Crippen LogP contribution in [-0.2, 0) is 0 Å². The minimum Gasteiger partial charge on any atom is -0.345 e. The number of nitrogens with one attached hydrogen (secondary N) is 1. The zero-order valence-corrected chi connectivity index (χ0v) is 9.33. The average molecular weight is 230 g/mol. The Hall–Kier alpha value is -1.86. The summed E-state index contributed by atoms with van der Waals surface area (Å²) in [6, 6.07) is 5.71. The lowest BCUT2D eigenvalue weighted by Gasteiger charge is -2.15. The third-order valence-corrected chi connectivity index (χ3v) is 3.16. The van der Waals surface area contributed by atoms with E-state index in [1.165, 1.54) is 11.3 Å². The number of carbonyl (C=O) groups is 1. The number of amides is 1. The molecule has 16 heavy (non-hydrogen) atoms. The number of allylic oxidation sites excluding steroid dienone is 2. The Balaban J connectivity index is 1.94. The topological polar surface area (TPSA) is 52.9 Å². The van der Waals surface area contributed by atoms with E-state index in [4.69, 9.17) is 5.26 Å². The highest BCUT2D eigenvalue weighted by Gasteiger charge is 2.13. The maximum Gasteiger partial charge on any atom is 0.261 e. The van der Waals surface area contributed by atoms with Crippen molar-refractivity contribution in [2.45, 2.75) is 12.5 Å². The minimum atomic E-state index is -0.0570. The van der Waals surface area contributed by atoms with E-state index in [1.54, 1.807) is 12.1 Å². The van der Waals surface area contributed by atoms with Gasteiger partial charge in [0.2, 0.25) is 0 Å². The average Bonchev–Trinajstić information content (AvgIpc) is 2.83. The van der Waals surface area contributed by atoms with Crippen molar-refractivity contribution in [2.24, 2.45) is 0 Å². The summed E-state index contributed by atoms with van der Waals surface area (Å²) in [5, 5.41) is 13.4. The Morgan fingerprint density at radius 2 is 2.50 bits per heavy atom. The summed E-state index contributed by atoms with van der Waals surface area (Å²) in [5.74, 6) is -0.0570. The number of hydrogen-bond donors (Lipinski definition) is 1. The van der Waals surface area contributed by atoms with Crippen LogP contribution in [0.4, 0.5) is 0 Å². The van der Waals surface area contributed by atoms with Gasteiger partial charge in [0.1, 0.15) is 0 Å². The molecule has 0 radical (unpaired) electrons. The van der Waals surface area contributed by atoms with E-state index in [9.17, 15) is 4.79 Å². The first kappa shape index (κ1) is 10.7. The Bertz CT molecular complexity index is 480. The first-order valence-electron chi connectivity index (χ1n) is 4.92. The summed E-state index contributed by atoms with van der Waals surface area (Å²) in [5.41, 5.74) is 0.654. The highest BCUT2D eigenvalue weighted by Crippen LogP contribution is 2.12. The molecule has 80 valence electrons. The molecule has 1 heterocycles. The molecule has 0 fully saturated rings. The molecule has 1 aromatic rings. The zero-order valence-electron chi connectivity index (χ0n) is 8.51. The highest BCUT2D eigenvalue weighted by atomic mass is 32.1. The predicted octanol–water partition coefficient (Wildman–Crippen LogP) is 2.26. The van der Waals surface area contributed by atoms with Crippen molar-refractivity contribution >= 4 is 17.2 Å². The molecule has 2 rings (SSSR count). The van der Waals surface area contributed by atoms with Crippen LogP contribution in [0.15, 0.2) is 41.3 Å². The van der Waals surface area contributed by atoms with Gasteiger partial charge in [-0.25, -0.2) is 0 Å². The molecule has 0 bridgehead atoms. The molecule has 1 N–H and O–H groups in total. The molecule has 1 aliphatic rings. The van der Waals surface area contributed by atoms with Crippen molar-refractivity contribution in [1.82, 2.24) is 5.32 Å². The van der Waals surface area contributed by atoms with Crippen LogP contribution in [-0.4, -0.2) is 11.9 Å². The first-order valence-corrected chi connectivity index (χ1v) is 5.80. The molecule has 0 aliphatic heterocycles. The van der Waals surface area contributed by atoms with E-state index in [-0.39, 0.29) is 11.9 Å². The van der Waals surface area contributed by atoms with Gasteiger partial charge in [-0.15, -0.1) is 11.3 Å². The summed E-state index contributed by atoms with van der Waals surface area (Å²) >= 11 is 1.42. The SMILES string of the molecule is N#CC1=CCC(NC(=O)c2cccs2)C=C1. The van der Waals surface area contributed by atoms with Crippen LogP contribution in [0.5, 0.6) is 0 Å². The van der Waals surface area contributed by atoms with Crippen molar-refractivity contribution in [3.8, 4) is 6.07 Å². The minimum absolute atomic E-state index is 0.00769. The molecule has 0 saturated heterocycles. The van der Waals surface area contributed by atoms with E-state index in [2.05, 4.69) is 11.4 Å². The molecule has 0 aromatic carbocycles. The van der Waals surface area contributed by atoms with Gasteiger partial charge in [-0.2, -0.15) is 5.26 Å². The fourth-order valence-corrected chi connectivity index (χ4v) is 2.08. The number of nitrogens with zero attached hydrogens (tertiary/aromatic N) is 1. The smallest absolute Gasteiger partial charge is 0.261 e. The molecule has 1 aliphatic carbocycles. The Morgan fingerprint density at radius 1 is 1.62 bits per heavy atom. The van der Waals surface area contributed by atoms with Crippen LogP contribution < -0.4 is 5.32 Å². The van der Waals surface area contributed by atoms with Gasteiger partial charge in [-0.05, 0) is 23.9 Å². The highest BCUT2D eigenvalue weighted by molar-refractivity contribution is 7.12. The van der Waals surface area contributed by atoms with Gasteiger partial charge in [0.15, 0.2) is 0 Å². The molecular weight excluding hydrogens is 220 g/mol. The van der Waals surface area contributed by atoms with Gasteiger partial charge in [-0.3, -0.25) is 4.79 Å². The lowest BCUT2D eigenvalue weighted by Crippen LogP contribution is -2.33. The maximum atomic E-state index is 11.7. The van der Waals surface area contributed by atoms with Gasteiger partial charge in [0, 0.05) is 5.57 Å². The van der Waals surface area contributed by atoms with E-state index in [0.717, 1.165) is 0 Å². The van der Waals surface area contributed by atoms with E-state index in [0.29, 0.717) is 16.9 Å². The standard InChI is InChI=1S/C12H10N2OS/c13-8-9-3-5-10(6-4-9)14-12(15)11-2-1-7-16-11/h1-5,7,10H,6H2,(H,14,15). The Labute approximate surface area is 97.7 Å². The predicted molar refractivity (Wildman–Crippen MR) is 63.0 cm³/mol. The lowest BCUT2D eigenvalue weighted by molar-refractivity contribution is 0.0948. The second-order valence-corrected chi connectivity index (χ2v) is 4.37. The van der Waals surface area contributed by atoms with Crippen LogP contribution in [0.2, 0.25) is 0 Å². The Morgan fingerprint density at radius 3 is 3.06 bits per heavy atom. The van der Waals surface area contributed by atoms with Crippen molar-refractivity contribution < 1.29 is 4.79 Å². The normalized spacial score (nSPS) is 18.7. The molecule has 1 atom stereocenters. The van der Waals surface area contributed by atoms with E-state index < -0.39 is 0 Å². The summed E-state index contributed by atoms with van der Waals surface area (Å²) < 4.78 is 0. The van der Waals surface area contributed by atoms with Crippen molar-refractivity contribution in [1.29, 1.82) is 5.26 Å². The van der Waals surface area contributed by atoms with Gasteiger partial charge in [-0.1, -0.05) is 18.2 Å². The molecule has 0 saturated carbocycles. The second-order valence-electron chi connectivity index (χ2n) is 3.42. The third-order valence-electron chi connectivity index (χ3n) is 2.29. The lowest BCUT2D eigenvalue weighted by atomic mass is 10.0. The van der Waals surface area contributed by atoms with E-state index in [1.807, 2.05) is 23.6 Å². The van der Waals surface area contributed by atoms with Crippen LogP contribution in [0, 0.1) is 11.3 Å². The van der Waals surface area contributed by atoms with Crippen LogP contribution in [0.3, 0.4) is 0 Å². The maximum absolute atomic E-state index is 11.7. The molecular formula is C12H10N2OS. The van der Waals surface area contributed by atoms with Crippen molar-refractivity contribution in [3.05, 3.63) is 46.2 Å². The molecule has 1 amide bonds. The van der Waals surface area contributed by atoms with Gasteiger partial charge in [0.05, 0.1) is 17.0 Å². The molecule has 0 spiro atoms. The largest absolute Gasteiger partial charge is 0.345 e. The Kier molecular flexibility index (Phi) is 3.18. The summed E-state index contributed by atoms with van der Waals surface area (Å²) in [4.78, 5) is 12.4. The van der Waals surface area contributed by atoms with Crippen LogP contribution >= 0.6 is 11.3 Å². The molecule has 1 unspecified atom stereocenters. The number of nitriles is 1. The molecule has 4 heteroatoms. The summed E-state index contributed by atoms with van der Waals surface area (Å²) in [6.45, 7) is 0. The van der Waals surface area contributed by atoms with Gasteiger partial charge >= 0.3 is 0 Å². The first-order chi connectivity index (χ1) is 7.79. The summed E-state index contributed by atoms with van der Waals surface area (Å²) in [7, 11) is 0. The number of carbonyl (C=O) groups excluding carboxylic acids is 1. The van der Waals surface area contributed by atoms with Crippen LogP contribution in [0.1, 0.15) is 16.1 Å². The van der Waals surface area contributed by atoms with Crippen molar-refractivity contribution in [3.63, 3.8) is 0 Å². The molecule has 3 nitrogen and oxygen atoms in total. The van der Waals surface area contributed by atoms with E-state index >= 15 is 0 Å². The number of hydrogen-bond acceptors (Lipinski definition) is 3. The number of rotatable bonds is 2. The zero-order chi connectivity index (χ0) is 11.4. The van der Waals surface area contributed by atoms with Gasteiger partial charge < -0.3 is 5.32 Å². The number of thiophene rings is 1. The van der Waals surface area contributed by atoms with Crippen molar-refractivity contribution in [2.75, 3.05) is 0 Å². The summed E-state index contributed by atoms with van der Waals surface area (Å²) in [6.07, 6.45) is 6.10. The van der Waals surface area contributed by atoms with Gasteiger partial charge in [0.25, 0.3) is 5.91 Å². The molecule has 1 aromatic heterocycles.